The summed E-state index contributed by atoms with van der Waals surface area (Å²) in [5.41, 5.74) is 1.38. The summed E-state index contributed by atoms with van der Waals surface area (Å²) in [4.78, 5) is 4.28. The topological polar surface area (TPSA) is 45.9 Å². The van der Waals surface area contributed by atoms with Gasteiger partial charge >= 0.3 is 0 Å². The van der Waals surface area contributed by atoms with E-state index in [9.17, 15) is 4.39 Å². The van der Waals surface area contributed by atoms with E-state index in [-0.39, 0.29) is 12.2 Å². The first-order chi connectivity index (χ1) is 8.76. The molecule has 0 unspecified atom stereocenters. The van der Waals surface area contributed by atoms with Crippen LogP contribution in [-0.4, -0.2) is 12.1 Å². The number of halogens is 1. The third-order valence-corrected chi connectivity index (χ3v) is 2.52. The van der Waals surface area contributed by atoms with Gasteiger partial charge < -0.3 is 4.74 Å². The molecular weight excluding hydrogens is 231 g/mol. The van der Waals surface area contributed by atoms with Gasteiger partial charge in [0, 0.05) is 5.56 Å². The zero-order chi connectivity index (χ0) is 13.0. The maximum atomic E-state index is 13.7. The fraction of sp³-hybridized carbons (Fsp3) is 0.143. The molecular formula is C14H11FN2O. The summed E-state index contributed by atoms with van der Waals surface area (Å²) in [5, 5.41) is 8.67. The Morgan fingerprint density at radius 2 is 2.06 bits per heavy atom. The second-order valence-electron chi connectivity index (χ2n) is 3.67. The smallest absolute Gasteiger partial charge is 0.145 e. The number of rotatable bonds is 3. The van der Waals surface area contributed by atoms with Crippen molar-refractivity contribution >= 4 is 0 Å². The summed E-state index contributed by atoms with van der Waals surface area (Å²) < 4.78 is 18.9. The number of aromatic nitrogens is 1. The standard InChI is InChI=1S/C14H11FN2O/c1-18-13-7-6-10(8-9-16)17-14(13)11-4-2-3-5-12(11)15/h2-7H,8H2,1H3. The van der Waals surface area contributed by atoms with Crippen LogP contribution in [0.1, 0.15) is 5.69 Å². The van der Waals surface area contributed by atoms with Crippen molar-refractivity contribution in [1.29, 1.82) is 5.26 Å². The zero-order valence-corrected chi connectivity index (χ0v) is 9.85. The van der Waals surface area contributed by atoms with Crippen molar-refractivity contribution in [2.75, 3.05) is 7.11 Å². The van der Waals surface area contributed by atoms with Crippen LogP contribution in [0.2, 0.25) is 0 Å². The van der Waals surface area contributed by atoms with Crippen molar-refractivity contribution in [3.8, 4) is 23.1 Å². The van der Waals surface area contributed by atoms with E-state index in [2.05, 4.69) is 4.98 Å². The largest absolute Gasteiger partial charge is 0.494 e. The minimum atomic E-state index is -0.364. The molecule has 0 saturated heterocycles. The summed E-state index contributed by atoms with van der Waals surface area (Å²) >= 11 is 0. The highest BCUT2D eigenvalue weighted by molar-refractivity contribution is 5.67. The van der Waals surface area contributed by atoms with E-state index in [1.165, 1.54) is 13.2 Å². The molecule has 0 bridgehead atoms. The average Bonchev–Trinajstić information content (AvgIpc) is 2.40. The van der Waals surface area contributed by atoms with Crippen LogP contribution in [0.25, 0.3) is 11.3 Å². The van der Waals surface area contributed by atoms with Crippen molar-refractivity contribution in [1.82, 2.24) is 4.98 Å². The fourth-order valence-corrected chi connectivity index (χ4v) is 1.68. The SMILES string of the molecule is COc1ccc(CC#N)nc1-c1ccccc1F. The highest BCUT2D eigenvalue weighted by Crippen LogP contribution is 2.29. The van der Waals surface area contributed by atoms with Crippen LogP contribution < -0.4 is 4.74 Å². The Morgan fingerprint density at radius 1 is 1.28 bits per heavy atom. The van der Waals surface area contributed by atoms with Gasteiger partial charge in [-0.3, -0.25) is 0 Å². The highest BCUT2D eigenvalue weighted by atomic mass is 19.1. The molecule has 0 aliphatic carbocycles. The second-order valence-corrected chi connectivity index (χ2v) is 3.67. The molecule has 2 rings (SSSR count). The summed E-state index contributed by atoms with van der Waals surface area (Å²) in [7, 11) is 1.51. The van der Waals surface area contributed by atoms with Gasteiger partial charge in [0.2, 0.25) is 0 Å². The molecule has 0 atom stereocenters. The Bertz CT molecular complexity index is 605. The van der Waals surface area contributed by atoms with Crippen molar-refractivity contribution in [2.24, 2.45) is 0 Å². The molecule has 1 aromatic carbocycles. The van der Waals surface area contributed by atoms with E-state index in [4.69, 9.17) is 10.00 Å². The molecule has 4 heteroatoms. The van der Waals surface area contributed by atoms with E-state index < -0.39 is 0 Å². The van der Waals surface area contributed by atoms with Crippen molar-refractivity contribution in [3.05, 3.63) is 47.9 Å². The lowest BCUT2D eigenvalue weighted by molar-refractivity contribution is 0.414. The van der Waals surface area contributed by atoms with Gasteiger partial charge in [0.15, 0.2) is 0 Å². The Hall–Kier alpha value is -2.41. The summed E-state index contributed by atoms with van der Waals surface area (Å²) in [5.74, 6) is 0.124. The van der Waals surface area contributed by atoms with Gasteiger partial charge in [0.25, 0.3) is 0 Å². The van der Waals surface area contributed by atoms with Gasteiger partial charge in [-0.15, -0.1) is 0 Å². The van der Waals surface area contributed by atoms with Gasteiger partial charge in [-0.05, 0) is 24.3 Å². The fourth-order valence-electron chi connectivity index (χ4n) is 1.68. The molecule has 0 aliphatic heterocycles. The maximum absolute atomic E-state index is 13.7. The van der Waals surface area contributed by atoms with E-state index in [1.807, 2.05) is 6.07 Å². The molecule has 1 heterocycles. The minimum Gasteiger partial charge on any atom is -0.494 e. The van der Waals surface area contributed by atoms with Crippen LogP contribution in [0.4, 0.5) is 4.39 Å². The molecule has 2 aromatic rings. The predicted octanol–water partition coefficient (Wildman–Crippen LogP) is 2.96. The number of nitriles is 1. The Labute approximate surface area is 104 Å². The third kappa shape index (κ3) is 2.30. The molecule has 0 spiro atoms. The summed E-state index contributed by atoms with van der Waals surface area (Å²) in [6, 6.07) is 11.8. The molecule has 3 nitrogen and oxygen atoms in total. The molecule has 0 saturated carbocycles. The molecule has 0 amide bonds. The van der Waals surface area contributed by atoms with Gasteiger partial charge in [0.05, 0.1) is 25.3 Å². The third-order valence-electron chi connectivity index (χ3n) is 2.52. The zero-order valence-electron chi connectivity index (χ0n) is 9.85. The predicted molar refractivity (Wildman–Crippen MR) is 65.5 cm³/mol. The first-order valence-electron chi connectivity index (χ1n) is 5.42. The van der Waals surface area contributed by atoms with Crippen molar-refractivity contribution in [3.63, 3.8) is 0 Å². The Morgan fingerprint density at radius 3 is 2.72 bits per heavy atom. The van der Waals surface area contributed by atoms with Gasteiger partial charge in [-0.1, -0.05) is 12.1 Å². The van der Waals surface area contributed by atoms with Crippen LogP contribution in [0.3, 0.4) is 0 Å². The second kappa shape index (κ2) is 5.28. The average molecular weight is 242 g/mol. The van der Waals surface area contributed by atoms with Crippen molar-refractivity contribution in [2.45, 2.75) is 6.42 Å². The lowest BCUT2D eigenvalue weighted by atomic mass is 10.1. The number of hydrogen-bond acceptors (Lipinski definition) is 3. The molecule has 0 fully saturated rings. The van der Waals surface area contributed by atoms with Crippen molar-refractivity contribution < 1.29 is 9.13 Å². The molecule has 0 N–H and O–H groups in total. The number of pyridine rings is 1. The van der Waals surface area contributed by atoms with Gasteiger partial charge in [0.1, 0.15) is 17.3 Å². The van der Waals surface area contributed by atoms with Crippen LogP contribution in [0.15, 0.2) is 36.4 Å². The number of methoxy groups -OCH3 is 1. The van der Waals surface area contributed by atoms with Gasteiger partial charge in [-0.25, -0.2) is 9.37 Å². The van der Waals surface area contributed by atoms with Gasteiger partial charge in [-0.2, -0.15) is 5.26 Å². The Kier molecular flexibility index (Phi) is 3.54. The van der Waals surface area contributed by atoms with Crippen LogP contribution in [0, 0.1) is 17.1 Å². The normalized spacial score (nSPS) is 9.83. The number of ether oxygens (including phenoxy) is 1. The summed E-state index contributed by atoms with van der Waals surface area (Å²) in [6.45, 7) is 0. The molecule has 18 heavy (non-hydrogen) atoms. The molecule has 90 valence electrons. The lowest BCUT2D eigenvalue weighted by Gasteiger charge is -2.09. The lowest BCUT2D eigenvalue weighted by Crippen LogP contribution is -1.97. The minimum absolute atomic E-state index is 0.186. The van der Waals surface area contributed by atoms with Crippen LogP contribution in [-0.2, 0) is 6.42 Å². The highest BCUT2D eigenvalue weighted by Gasteiger charge is 2.12. The number of benzene rings is 1. The van der Waals surface area contributed by atoms with E-state index in [0.29, 0.717) is 22.7 Å². The monoisotopic (exact) mass is 242 g/mol. The van der Waals surface area contributed by atoms with Crippen LogP contribution in [0.5, 0.6) is 5.75 Å². The molecule has 0 aliphatic rings. The quantitative estimate of drug-likeness (QED) is 0.831. The summed E-state index contributed by atoms with van der Waals surface area (Å²) in [6.07, 6.45) is 0.186. The molecule has 1 aromatic heterocycles. The first kappa shape index (κ1) is 12.1. The number of nitrogens with zero attached hydrogens (tertiary/aromatic N) is 2. The van der Waals surface area contributed by atoms with E-state index in [0.717, 1.165) is 0 Å². The Balaban J connectivity index is 2.58. The number of hydrogen-bond donors (Lipinski definition) is 0. The maximum Gasteiger partial charge on any atom is 0.145 e. The van der Waals surface area contributed by atoms with Crippen LogP contribution >= 0.6 is 0 Å². The first-order valence-corrected chi connectivity index (χ1v) is 5.42. The van der Waals surface area contributed by atoms with E-state index >= 15 is 0 Å². The molecule has 0 radical (unpaired) electrons. The van der Waals surface area contributed by atoms with E-state index in [1.54, 1.807) is 30.3 Å².